The zero-order valence-electron chi connectivity index (χ0n) is 11.9. The van der Waals surface area contributed by atoms with Gasteiger partial charge in [0.15, 0.2) is 0 Å². The lowest BCUT2D eigenvalue weighted by atomic mass is 10.2. The van der Waals surface area contributed by atoms with Gasteiger partial charge in [-0.3, -0.25) is 10.1 Å². The normalized spacial score (nSPS) is 18.9. The van der Waals surface area contributed by atoms with E-state index < -0.39 is 4.92 Å². The largest absolute Gasteiger partial charge is 0.377 e. The van der Waals surface area contributed by atoms with Crippen LogP contribution < -0.4 is 10.2 Å². The number of ether oxygens (including phenoxy) is 1. The smallest absolute Gasteiger partial charge is 0.332 e. The third-order valence-corrected chi connectivity index (χ3v) is 3.20. The second-order valence-electron chi connectivity index (χ2n) is 4.71. The molecule has 110 valence electrons. The van der Waals surface area contributed by atoms with Gasteiger partial charge in [0, 0.05) is 13.1 Å². The SMILES string of the molecule is CCNc1nc(C)c([N+](=O)[O-])c(N2CCOCC2C)n1. The van der Waals surface area contributed by atoms with Crippen molar-refractivity contribution in [3.05, 3.63) is 15.8 Å². The van der Waals surface area contributed by atoms with Crippen LogP contribution in [-0.2, 0) is 4.74 Å². The molecule has 1 unspecified atom stereocenters. The number of morpholine rings is 1. The molecule has 1 aromatic heterocycles. The Hall–Kier alpha value is -1.96. The molecule has 2 rings (SSSR count). The maximum absolute atomic E-state index is 11.3. The number of aryl methyl sites for hydroxylation is 1. The summed E-state index contributed by atoms with van der Waals surface area (Å²) in [6.07, 6.45) is 0. The first-order valence-corrected chi connectivity index (χ1v) is 6.65. The maximum Gasteiger partial charge on any atom is 0.332 e. The van der Waals surface area contributed by atoms with Crippen molar-refractivity contribution in [1.29, 1.82) is 0 Å². The number of hydrogen-bond acceptors (Lipinski definition) is 7. The van der Waals surface area contributed by atoms with E-state index >= 15 is 0 Å². The van der Waals surface area contributed by atoms with Crippen molar-refractivity contribution in [1.82, 2.24) is 9.97 Å². The van der Waals surface area contributed by atoms with Crippen LogP contribution in [0.3, 0.4) is 0 Å². The van der Waals surface area contributed by atoms with Gasteiger partial charge >= 0.3 is 5.69 Å². The van der Waals surface area contributed by atoms with Crippen LogP contribution in [0.5, 0.6) is 0 Å². The van der Waals surface area contributed by atoms with Gasteiger partial charge in [0.2, 0.25) is 11.8 Å². The summed E-state index contributed by atoms with van der Waals surface area (Å²) in [7, 11) is 0. The highest BCUT2D eigenvalue weighted by atomic mass is 16.6. The number of hydrogen-bond donors (Lipinski definition) is 1. The molecule has 0 amide bonds. The van der Waals surface area contributed by atoms with Gasteiger partial charge in [0.1, 0.15) is 5.69 Å². The Bertz CT molecular complexity index is 508. The molecule has 1 saturated heterocycles. The first-order chi connectivity index (χ1) is 9.54. The van der Waals surface area contributed by atoms with Gasteiger partial charge in [-0.15, -0.1) is 0 Å². The van der Waals surface area contributed by atoms with Gasteiger partial charge in [0.25, 0.3) is 0 Å². The topological polar surface area (TPSA) is 93.4 Å². The van der Waals surface area contributed by atoms with Crippen molar-refractivity contribution in [2.45, 2.75) is 26.8 Å². The molecular formula is C12H19N5O3. The van der Waals surface area contributed by atoms with E-state index in [1.54, 1.807) is 6.92 Å². The minimum atomic E-state index is -0.414. The van der Waals surface area contributed by atoms with E-state index in [0.717, 1.165) is 0 Å². The van der Waals surface area contributed by atoms with Crippen LogP contribution in [0.25, 0.3) is 0 Å². The fraction of sp³-hybridized carbons (Fsp3) is 0.667. The van der Waals surface area contributed by atoms with E-state index in [-0.39, 0.29) is 11.7 Å². The minimum absolute atomic E-state index is 0.0274. The van der Waals surface area contributed by atoms with Crippen molar-refractivity contribution in [2.24, 2.45) is 0 Å². The van der Waals surface area contributed by atoms with E-state index in [2.05, 4.69) is 15.3 Å². The summed E-state index contributed by atoms with van der Waals surface area (Å²) in [6, 6.07) is 0.0474. The molecule has 0 aromatic carbocycles. The minimum Gasteiger partial charge on any atom is -0.377 e. The van der Waals surface area contributed by atoms with Gasteiger partial charge in [0.05, 0.1) is 24.2 Å². The van der Waals surface area contributed by atoms with Crippen molar-refractivity contribution >= 4 is 17.5 Å². The molecular weight excluding hydrogens is 262 g/mol. The van der Waals surface area contributed by atoms with E-state index in [1.807, 2.05) is 18.7 Å². The van der Waals surface area contributed by atoms with Crippen LogP contribution in [0.15, 0.2) is 0 Å². The molecule has 1 aliphatic heterocycles. The monoisotopic (exact) mass is 281 g/mol. The number of nitrogens with zero attached hydrogens (tertiary/aromatic N) is 4. The van der Waals surface area contributed by atoms with Gasteiger partial charge in [-0.05, 0) is 20.8 Å². The Morgan fingerprint density at radius 1 is 1.55 bits per heavy atom. The van der Waals surface area contributed by atoms with E-state index in [0.29, 0.717) is 43.8 Å². The molecule has 1 atom stereocenters. The van der Waals surface area contributed by atoms with E-state index in [9.17, 15) is 10.1 Å². The molecule has 8 heteroatoms. The second kappa shape index (κ2) is 6.00. The Morgan fingerprint density at radius 2 is 2.30 bits per heavy atom. The highest BCUT2D eigenvalue weighted by molar-refractivity contribution is 5.63. The highest BCUT2D eigenvalue weighted by Gasteiger charge is 2.30. The standard InChI is InChI=1S/C12H19N5O3/c1-4-13-12-14-9(3)10(17(18)19)11(15-12)16-5-6-20-7-8(16)2/h8H,4-7H2,1-3H3,(H,13,14,15). The Balaban J connectivity index is 2.49. The Kier molecular flexibility index (Phi) is 4.33. The lowest BCUT2D eigenvalue weighted by Gasteiger charge is -2.34. The first-order valence-electron chi connectivity index (χ1n) is 6.65. The molecule has 20 heavy (non-hydrogen) atoms. The summed E-state index contributed by atoms with van der Waals surface area (Å²) in [4.78, 5) is 21.3. The van der Waals surface area contributed by atoms with Crippen LogP contribution in [0.2, 0.25) is 0 Å². The maximum atomic E-state index is 11.3. The number of aromatic nitrogens is 2. The van der Waals surface area contributed by atoms with Crippen LogP contribution in [0.1, 0.15) is 19.5 Å². The van der Waals surface area contributed by atoms with Gasteiger partial charge in [-0.25, -0.2) is 4.98 Å². The lowest BCUT2D eigenvalue weighted by molar-refractivity contribution is -0.385. The van der Waals surface area contributed by atoms with Crippen molar-refractivity contribution in [2.75, 3.05) is 36.5 Å². The molecule has 0 bridgehead atoms. The predicted octanol–water partition coefficient (Wildman–Crippen LogP) is 1.35. The molecule has 0 aliphatic carbocycles. The molecule has 1 aromatic rings. The molecule has 2 heterocycles. The third kappa shape index (κ3) is 2.79. The highest BCUT2D eigenvalue weighted by Crippen LogP contribution is 2.31. The Morgan fingerprint density at radius 3 is 2.90 bits per heavy atom. The number of rotatable bonds is 4. The molecule has 0 saturated carbocycles. The lowest BCUT2D eigenvalue weighted by Crippen LogP contribution is -2.44. The van der Waals surface area contributed by atoms with Gasteiger partial charge in [-0.1, -0.05) is 0 Å². The number of nitro groups is 1. The third-order valence-electron chi connectivity index (χ3n) is 3.20. The van der Waals surface area contributed by atoms with E-state index in [1.165, 1.54) is 0 Å². The predicted molar refractivity (Wildman–Crippen MR) is 75.2 cm³/mol. The van der Waals surface area contributed by atoms with Crippen LogP contribution in [0.4, 0.5) is 17.5 Å². The summed E-state index contributed by atoms with van der Waals surface area (Å²) in [6.45, 7) is 7.86. The van der Waals surface area contributed by atoms with Crippen LogP contribution in [0, 0.1) is 17.0 Å². The van der Waals surface area contributed by atoms with E-state index in [4.69, 9.17) is 4.74 Å². The molecule has 1 aliphatic rings. The molecule has 1 fully saturated rings. The van der Waals surface area contributed by atoms with Crippen molar-refractivity contribution < 1.29 is 9.66 Å². The first kappa shape index (κ1) is 14.4. The van der Waals surface area contributed by atoms with Crippen LogP contribution >= 0.6 is 0 Å². The summed E-state index contributed by atoms with van der Waals surface area (Å²) >= 11 is 0. The van der Waals surface area contributed by atoms with Crippen molar-refractivity contribution in [3.8, 4) is 0 Å². The molecule has 1 N–H and O–H groups in total. The van der Waals surface area contributed by atoms with Crippen molar-refractivity contribution in [3.63, 3.8) is 0 Å². The number of anilines is 2. The van der Waals surface area contributed by atoms with Gasteiger partial charge < -0.3 is 15.0 Å². The summed E-state index contributed by atoms with van der Waals surface area (Å²) in [5.41, 5.74) is 0.343. The van der Waals surface area contributed by atoms with Crippen LogP contribution in [-0.4, -0.2) is 47.2 Å². The fourth-order valence-electron chi connectivity index (χ4n) is 2.24. The average molecular weight is 281 g/mol. The fourth-order valence-corrected chi connectivity index (χ4v) is 2.24. The zero-order chi connectivity index (χ0) is 14.7. The quantitative estimate of drug-likeness (QED) is 0.657. The second-order valence-corrected chi connectivity index (χ2v) is 4.71. The molecule has 0 radical (unpaired) electrons. The summed E-state index contributed by atoms with van der Waals surface area (Å²) < 4.78 is 5.37. The zero-order valence-corrected chi connectivity index (χ0v) is 11.9. The van der Waals surface area contributed by atoms with Gasteiger partial charge in [-0.2, -0.15) is 4.98 Å². The average Bonchev–Trinajstić information content (AvgIpc) is 2.38. The summed E-state index contributed by atoms with van der Waals surface area (Å²) in [5, 5.41) is 14.3. The molecule has 0 spiro atoms. The molecule has 8 nitrogen and oxygen atoms in total. The summed E-state index contributed by atoms with van der Waals surface area (Å²) in [5.74, 6) is 0.790. The number of nitrogens with one attached hydrogen (secondary N) is 1. The Labute approximate surface area is 117 Å².